The molecule has 0 aliphatic carbocycles. The van der Waals surface area contributed by atoms with Gasteiger partial charge in [0.2, 0.25) is 0 Å². The lowest BCUT2D eigenvalue weighted by molar-refractivity contribution is 0.00590. The van der Waals surface area contributed by atoms with Crippen LogP contribution in [0.2, 0.25) is 0 Å². The first-order valence-corrected chi connectivity index (χ1v) is 8.41. The Morgan fingerprint density at radius 3 is 2.89 bits per heavy atom. The van der Waals surface area contributed by atoms with Crippen molar-refractivity contribution in [2.75, 3.05) is 19.8 Å². The van der Waals surface area contributed by atoms with E-state index in [0.717, 1.165) is 46.3 Å². The van der Waals surface area contributed by atoms with Gasteiger partial charge in [0.05, 0.1) is 17.7 Å². The van der Waals surface area contributed by atoms with E-state index in [1.165, 1.54) is 0 Å². The Hall–Kier alpha value is -0.260. The van der Waals surface area contributed by atoms with Crippen LogP contribution in [0.5, 0.6) is 11.5 Å². The minimum Gasteiger partial charge on any atom is -0.490 e. The van der Waals surface area contributed by atoms with Crippen LogP contribution in [0.3, 0.4) is 0 Å². The van der Waals surface area contributed by atoms with Crippen molar-refractivity contribution in [1.29, 1.82) is 0 Å². The highest BCUT2D eigenvalue weighted by molar-refractivity contribution is 9.10. The number of ether oxygens (including phenoxy) is 3. The molecule has 1 aromatic rings. The second-order valence-electron chi connectivity index (χ2n) is 4.43. The number of rotatable bonds is 5. The first-order chi connectivity index (χ1) is 9.24. The van der Waals surface area contributed by atoms with Gasteiger partial charge in [0, 0.05) is 11.9 Å². The highest BCUT2D eigenvalue weighted by atomic mass is 79.9. The Morgan fingerprint density at radius 2 is 2.26 bits per heavy atom. The van der Waals surface area contributed by atoms with Crippen molar-refractivity contribution in [2.45, 2.75) is 31.2 Å². The molecule has 5 heteroatoms. The summed E-state index contributed by atoms with van der Waals surface area (Å²) in [6.45, 7) is 4.08. The summed E-state index contributed by atoms with van der Waals surface area (Å²) < 4.78 is 18.1. The highest BCUT2D eigenvalue weighted by Crippen LogP contribution is 2.38. The normalized spacial score (nSPS) is 19.2. The fourth-order valence-electron chi connectivity index (χ4n) is 2.05. The van der Waals surface area contributed by atoms with Crippen molar-refractivity contribution in [3.05, 3.63) is 22.2 Å². The molecule has 1 unspecified atom stereocenters. The first kappa shape index (κ1) is 15.1. The van der Waals surface area contributed by atoms with E-state index in [2.05, 4.69) is 37.9 Å². The largest absolute Gasteiger partial charge is 0.490 e. The van der Waals surface area contributed by atoms with Crippen molar-refractivity contribution in [2.24, 2.45) is 0 Å². The van der Waals surface area contributed by atoms with Crippen LogP contribution >= 0.6 is 31.9 Å². The molecule has 0 bridgehead atoms. The van der Waals surface area contributed by atoms with Crippen LogP contribution in [0.1, 0.15) is 25.3 Å². The van der Waals surface area contributed by atoms with Gasteiger partial charge in [0.25, 0.3) is 0 Å². The van der Waals surface area contributed by atoms with Gasteiger partial charge in [-0.15, -0.1) is 0 Å². The van der Waals surface area contributed by atoms with E-state index in [1.807, 2.05) is 13.0 Å². The smallest absolute Gasteiger partial charge is 0.175 e. The molecule has 1 fully saturated rings. The van der Waals surface area contributed by atoms with E-state index >= 15 is 0 Å². The lowest BCUT2D eigenvalue weighted by Gasteiger charge is -2.25. The van der Waals surface area contributed by atoms with Crippen LogP contribution in [0, 0.1) is 0 Å². The fraction of sp³-hybridized carbons (Fsp3) is 0.571. The Kier molecular flexibility index (Phi) is 5.98. The SMILES string of the molecule is CCOc1cc(CBr)cc(Br)c1OC1CCCOC1. The average molecular weight is 394 g/mol. The summed E-state index contributed by atoms with van der Waals surface area (Å²) in [4.78, 5) is 0. The van der Waals surface area contributed by atoms with Crippen LogP contribution < -0.4 is 9.47 Å². The predicted molar refractivity (Wildman–Crippen MR) is 82.4 cm³/mol. The van der Waals surface area contributed by atoms with Gasteiger partial charge in [-0.2, -0.15) is 0 Å². The van der Waals surface area contributed by atoms with Gasteiger partial charge < -0.3 is 14.2 Å². The maximum absolute atomic E-state index is 6.06. The van der Waals surface area contributed by atoms with Crippen LogP contribution in [-0.2, 0) is 10.1 Å². The molecule has 1 aliphatic rings. The van der Waals surface area contributed by atoms with E-state index in [4.69, 9.17) is 14.2 Å². The molecule has 1 aromatic carbocycles. The third-order valence-electron chi connectivity index (χ3n) is 2.93. The maximum atomic E-state index is 6.06. The summed E-state index contributed by atoms with van der Waals surface area (Å²) in [6, 6.07) is 4.07. The summed E-state index contributed by atoms with van der Waals surface area (Å²) in [5.41, 5.74) is 1.16. The third-order valence-corrected chi connectivity index (χ3v) is 4.16. The molecule has 0 radical (unpaired) electrons. The molecule has 0 saturated carbocycles. The average Bonchev–Trinajstić information content (AvgIpc) is 2.43. The topological polar surface area (TPSA) is 27.7 Å². The summed E-state index contributed by atoms with van der Waals surface area (Å²) in [6.07, 6.45) is 2.18. The van der Waals surface area contributed by atoms with Gasteiger partial charge in [-0.3, -0.25) is 0 Å². The molecular formula is C14H18Br2O3. The molecule has 3 nitrogen and oxygen atoms in total. The summed E-state index contributed by atoms with van der Waals surface area (Å²) in [5.74, 6) is 1.57. The van der Waals surface area contributed by atoms with Crippen LogP contribution in [0.25, 0.3) is 0 Å². The standard InChI is InChI=1S/C14H18Br2O3/c1-2-18-13-7-10(8-15)6-12(16)14(13)19-11-4-3-5-17-9-11/h6-7,11H,2-5,8-9H2,1H3. The van der Waals surface area contributed by atoms with E-state index < -0.39 is 0 Å². The summed E-state index contributed by atoms with van der Waals surface area (Å²) in [5, 5.41) is 0.790. The first-order valence-electron chi connectivity index (χ1n) is 6.50. The summed E-state index contributed by atoms with van der Waals surface area (Å²) in [7, 11) is 0. The lowest BCUT2D eigenvalue weighted by atomic mass is 10.1. The Bertz CT molecular complexity index is 417. The number of halogens is 2. The molecule has 19 heavy (non-hydrogen) atoms. The van der Waals surface area contributed by atoms with Crippen molar-refractivity contribution >= 4 is 31.9 Å². The predicted octanol–water partition coefficient (Wildman–Crippen LogP) is 4.30. The monoisotopic (exact) mass is 392 g/mol. The van der Waals surface area contributed by atoms with E-state index in [9.17, 15) is 0 Å². The van der Waals surface area contributed by atoms with Crippen molar-refractivity contribution in [3.8, 4) is 11.5 Å². The zero-order valence-corrected chi connectivity index (χ0v) is 14.1. The molecule has 0 amide bonds. The van der Waals surface area contributed by atoms with Gasteiger partial charge in [0.1, 0.15) is 6.10 Å². The van der Waals surface area contributed by atoms with Gasteiger partial charge in [-0.1, -0.05) is 15.9 Å². The molecule has 0 N–H and O–H groups in total. The quantitative estimate of drug-likeness (QED) is 0.698. The molecule has 106 valence electrons. The van der Waals surface area contributed by atoms with Crippen molar-refractivity contribution in [3.63, 3.8) is 0 Å². The van der Waals surface area contributed by atoms with E-state index in [0.29, 0.717) is 13.2 Å². The molecule has 1 saturated heterocycles. The van der Waals surface area contributed by atoms with Crippen LogP contribution in [0.4, 0.5) is 0 Å². The van der Waals surface area contributed by atoms with Gasteiger partial charge in [-0.25, -0.2) is 0 Å². The maximum Gasteiger partial charge on any atom is 0.175 e. The Morgan fingerprint density at radius 1 is 1.42 bits per heavy atom. The van der Waals surface area contributed by atoms with Crippen molar-refractivity contribution < 1.29 is 14.2 Å². The fourth-order valence-corrected chi connectivity index (χ4v) is 2.95. The summed E-state index contributed by atoms with van der Waals surface area (Å²) >= 11 is 7.03. The minimum atomic E-state index is 0.110. The second-order valence-corrected chi connectivity index (χ2v) is 5.84. The van der Waals surface area contributed by atoms with Gasteiger partial charge in [-0.05, 0) is 53.4 Å². The molecule has 0 aromatic heterocycles. The highest BCUT2D eigenvalue weighted by Gasteiger charge is 2.20. The molecular weight excluding hydrogens is 376 g/mol. The molecule has 0 spiro atoms. The zero-order valence-electron chi connectivity index (χ0n) is 11.0. The van der Waals surface area contributed by atoms with E-state index in [-0.39, 0.29) is 6.10 Å². The number of hydrogen-bond acceptors (Lipinski definition) is 3. The zero-order chi connectivity index (χ0) is 13.7. The van der Waals surface area contributed by atoms with Crippen LogP contribution in [0.15, 0.2) is 16.6 Å². The molecule has 1 atom stereocenters. The van der Waals surface area contributed by atoms with Crippen molar-refractivity contribution in [1.82, 2.24) is 0 Å². The lowest BCUT2D eigenvalue weighted by Crippen LogP contribution is -2.28. The Labute approximate surface area is 130 Å². The Balaban J connectivity index is 2.20. The van der Waals surface area contributed by atoms with Gasteiger partial charge in [0.15, 0.2) is 11.5 Å². The molecule has 2 rings (SSSR count). The third kappa shape index (κ3) is 4.10. The number of hydrogen-bond donors (Lipinski definition) is 0. The molecule has 1 aliphatic heterocycles. The van der Waals surface area contributed by atoms with Crippen LogP contribution in [-0.4, -0.2) is 25.9 Å². The number of benzene rings is 1. The number of alkyl halides is 1. The second kappa shape index (κ2) is 7.50. The van der Waals surface area contributed by atoms with E-state index in [1.54, 1.807) is 0 Å². The van der Waals surface area contributed by atoms with Gasteiger partial charge >= 0.3 is 0 Å². The molecule has 1 heterocycles. The minimum absolute atomic E-state index is 0.110.